The monoisotopic (exact) mass is 294 g/mol. The molecular weight excluding hydrogens is 272 g/mol. The lowest BCUT2D eigenvalue weighted by Crippen LogP contribution is -1.95. The number of nitrogens with two attached hydrogens (primary N) is 2. The number of nitrogen functional groups attached to an aromatic ring is 2. The molecule has 0 unspecified atom stereocenters. The van der Waals surface area contributed by atoms with Crippen LogP contribution in [-0.4, -0.2) is 13.2 Å². The molecule has 0 bridgehead atoms. The van der Waals surface area contributed by atoms with E-state index in [1.807, 2.05) is 51.1 Å². The molecule has 4 nitrogen and oxygen atoms in total. The molecule has 0 aliphatic rings. The minimum absolute atomic E-state index is 0.632. The second-order valence-electron chi connectivity index (χ2n) is 3.98. The molecule has 0 aliphatic carbocycles. The van der Waals surface area contributed by atoms with E-state index in [1.165, 1.54) is 11.3 Å². The predicted octanol–water partition coefficient (Wildman–Crippen LogP) is 3.70. The highest BCUT2D eigenvalue weighted by Crippen LogP contribution is 2.42. The number of anilines is 2. The summed E-state index contributed by atoms with van der Waals surface area (Å²) in [6.07, 6.45) is 0. The normalized spacial score (nSPS) is 9.55. The molecule has 5 heteroatoms. The van der Waals surface area contributed by atoms with Crippen molar-refractivity contribution in [3.05, 3.63) is 35.9 Å². The van der Waals surface area contributed by atoms with Gasteiger partial charge in [-0.15, -0.1) is 0 Å². The van der Waals surface area contributed by atoms with Gasteiger partial charge in [0.1, 0.15) is 5.00 Å². The Kier molecular flexibility index (Phi) is 6.73. The van der Waals surface area contributed by atoms with E-state index >= 15 is 0 Å². The van der Waals surface area contributed by atoms with Crippen molar-refractivity contribution in [1.29, 1.82) is 0 Å². The molecule has 0 fully saturated rings. The van der Waals surface area contributed by atoms with Crippen molar-refractivity contribution in [2.75, 3.05) is 24.7 Å². The lowest BCUT2D eigenvalue weighted by atomic mass is 10.3. The van der Waals surface area contributed by atoms with Gasteiger partial charge >= 0.3 is 0 Å². The van der Waals surface area contributed by atoms with Crippen LogP contribution in [0.3, 0.4) is 0 Å². The summed E-state index contributed by atoms with van der Waals surface area (Å²) < 4.78 is 10.8. The van der Waals surface area contributed by atoms with Gasteiger partial charge < -0.3 is 20.9 Å². The van der Waals surface area contributed by atoms with E-state index in [-0.39, 0.29) is 0 Å². The second-order valence-corrected chi connectivity index (χ2v) is 5.00. The maximum Gasteiger partial charge on any atom is 0.182 e. The van der Waals surface area contributed by atoms with Crippen LogP contribution in [0.2, 0.25) is 0 Å². The molecule has 4 N–H and O–H groups in total. The summed E-state index contributed by atoms with van der Waals surface area (Å²) in [5.41, 5.74) is 13.0. The van der Waals surface area contributed by atoms with E-state index in [1.54, 1.807) is 0 Å². The van der Waals surface area contributed by atoms with Crippen LogP contribution in [0.1, 0.15) is 19.4 Å². The molecule has 0 atom stereocenters. The Bertz CT molecular complexity index is 512. The predicted molar refractivity (Wildman–Crippen MR) is 86.7 cm³/mol. The van der Waals surface area contributed by atoms with Crippen LogP contribution in [0, 0.1) is 6.92 Å². The fourth-order valence-electron chi connectivity index (χ4n) is 1.55. The van der Waals surface area contributed by atoms with Gasteiger partial charge in [-0.2, -0.15) is 0 Å². The van der Waals surface area contributed by atoms with Crippen LogP contribution >= 0.6 is 11.3 Å². The van der Waals surface area contributed by atoms with Gasteiger partial charge in [-0.05, 0) is 32.9 Å². The fraction of sp³-hybridized carbons (Fsp3) is 0.333. The average molecular weight is 294 g/mol. The molecule has 2 rings (SSSR count). The molecule has 0 radical (unpaired) electrons. The third-order valence-corrected chi connectivity index (χ3v) is 3.45. The van der Waals surface area contributed by atoms with Gasteiger partial charge in [-0.3, -0.25) is 0 Å². The number of hydrogen-bond acceptors (Lipinski definition) is 5. The van der Waals surface area contributed by atoms with Crippen molar-refractivity contribution in [2.24, 2.45) is 0 Å². The summed E-state index contributed by atoms with van der Waals surface area (Å²) >= 11 is 1.44. The third-order valence-electron chi connectivity index (χ3n) is 2.44. The smallest absolute Gasteiger partial charge is 0.182 e. The van der Waals surface area contributed by atoms with E-state index in [9.17, 15) is 0 Å². The number of ether oxygens (including phenoxy) is 2. The average Bonchev–Trinajstić information content (AvgIpc) is 2.69. The fourth-order valence-corrected chi connectivity index (χ4v) is 2.47. The van der Waals surface area contributed by atoms with Crippen LogP contribution in [-0.2, 0) is 0 Å². The van der Waals surface area contributed by atoms with Crippen LogP contribution < -0.4 is 20.9 Å². The number of rotatable bonds is 4. The van der Waals surface area contributed by atoms with Crippen molar-refractivity contribution in [2.45, 2.75) is 20.8 Å². The maximum atomic E-state index is 5.77. The molecule has 1 aromatic heterocycles. The molecule has 0 saturated carbocycles. The van der Waals surface area contributed by atoms with Gasteiger partial charge in [-0.1, -0.05) is 29.5 Å². The molecule has 0 saturated heterocycles. The van der Waals surface area contributed by atoms with Crippen LogP contribution in [0.4, 0.5) is 10.7 Å². The molecule has 20 heavy (non-hydrogen) atoms. The number of thiophene rings is 1. The van der Waals surface area contributed by atoms with Crippen molar-refractivity contribution in [1.82, 2.24) is 0 Å². The quantitative estimate of drug-likeness (QED) is 0.843. The molecule has 110 valence electrons. The first-order chi connectivity index (χ1) is 9.60. The Morgan fingerprint density at radius 2 is 1.60 bits per heavy atom. The molecule has 2 aromatic rings. The van der Waals surface area contributed by atoms with Crippen molar-refractivity contribution in [3.63, 3.8) is 0 Å². The van der Waals surface area contributed by atoms with Crippen molar-refractivity contribution >= 4 is 22.0 Å². The first kappa shape index (κ1) is 16.2. The number of para-hydroxylation sites is 1. The highest BCUT2D eigenvalue weighted by Gasteiger charge is 2.14. The molecule has 0 spiro atoms. The largest absolute Gasteiger partial charge is 0.490 e. The Balaban J connectivity index is 0.000000240. The van der Waals surface area contributed by atoms with Gasteiger partial charge in [0.05, 0.1) is 13.2 Å². The summed E-state index contributed by atoms with van der Waals surface area (Å²) in [5, 5.41) is 1.56. The number of benzene rings is 1. The first-order valence-electron chi connectivity index (χ1n) is 6.55. The topological polar surface area (TPSA) is 70.5 Å². The van der Waals surface area contributed by atoms with Gasteiger partial charge in [0.25, 0.3) is 0 Å². The van der Waals surface area contributed by atoms with Gasteiger partial charge in [0, 0.05) is 11.3 Å². The zero-order valence-corrected chi connectivity index (χ0v) is 13.0. The van der Waals surface area contributed by atoms with Crippen LogP contribution in [0.15, 0.2) is 30.3 Å². The summed E-state index contributed by atoms with van der Waals surface area (Å²) in [6.45, 7) is 7.15. The highest BCUT2D eigenvalue weighted by atomic mass is 32.1. The summed E-state index contributed by atoms with van der Waals surface area (Å²) in [7, 11) is 0. The summed E-state index contributed by atoms with van der Waals surface area (Å²) in [4.78, 5) is 0. The SMILES string of the molecule is CCOc1sc(N)c(OCC)c1C.Nc1ccccc1. The third kappa shape index (κ3) is 4.66. The molecule has 0 amide bonds. The minimum atomic E-state index is 0.632. The van der Waals surface area contributed by atoms with Crippen molar-refractivity contribution < 1.29 is 9.47 Å². The van der Waals surface area contributed by atoms with E-state index in [0.717, 1.165) is 22.1 Å². The van der Waals surface area contributed by atoms with Gasteiger partial charge in [-0.25, -0.2) is 0 Å². The molecular formula is C15H22N2O2S. The van der Waals surface area contributed by atoms with E-state index < -0.39 is 0 Å². The Hall–Kier alpha value is -1.88. The van der Waals surface area contributed by atoms with Gasteiger partial charge in [0.15, 0.2) is 10.8 Å². The Morgan fingerprint density at radius 3 is 2.05 bits per heavy atom. The lowest BCUT2D eigenvalue weighted by molar-refractivity contribution is 0.329. The molecule has 1 aromatic carbocycles. The van der Waals surface area contributed by atoms with E-state index in [4.69, 9.17) is 20.9 Å². The minimum Gasteiger partial charge on any atom is -0.490 e. The zero-order chi connectivity index (χ0) is 15.0. The Morgan fingerprint density at radius 1 is 1.00 bits per heavy atom. The summed E-state index contributed by atoms with van der Waals surface area (Å²) in [5.74, 6) is 0.774. The van der Waals surface area contributed by atoms with Crippen molar-refractivity contribution in [3.8, 4) is 10.8 Å². The standard InChI is InChI=1S/C9H15NO2S.C6H7N/c1-4-11-7-6(3)9(12-5-2)13-8(7)10;7-6-4-2-1-3-5-6/h4-5,10H2,1-3H3;1-5H,7H2. The van der Waals surface area contributed by atoms with Crippen LogP contribution in [0.5, 0.6) is 10.8 Å². The highest BCUT2D eigenvalue weighted by molar-refractivity contribution is 7.18. The second kappa shape index (κ2) is 8.32. The van der Waals surface area contributed by atoms with E-state index in [0.29, 0.717) is 18.2 Å². The van der Waals surface area contributed by atoms with Gasteiger partial charge in [0.2, 0.25) is 0 Å². The van der Waals surface area contributed by atoms with E-state index in [2.05, 4.69) is 0 Å². The Labute approximate surface area is 124 Å². The number of hydrogen-bond donors (Lipinski definition) is 2. The summed E-state index contributed by atoms with van der Waals surface area (Å²) in [6, 6.07) is 9.49. The molecule has 0 aliphatic heterocycles. The van der Waals surface area contributed by atoms with Crippen LogP contribution in [0.25, 0.3) is 0 Å². The molecule has 1 heterocycles. The zero-order valence-electron chi connectivity index (χ0n) is 12.2. The first-order valence-corrected chi connectivity index (χ1v) is 7.36. The maximum absolute atomic E-state index is 5.77. The lowest BCUT2D eigenvalue weighted by Gasteiger charge is -2.03.